The molecule has 0 bridgehead atoms. The molecule has 4 heteroatoms. The molecular weight excluding hydrogens is 252 g/mol. The number of aryl methyl sites for hydroxylation is 1. The fourth-order valence-electron chi connectivity index (χ4n) is 1.98. The minimum absolute atomic E-state index is 0.0962. The van der Waals surface area contributed by atoms with Crippen molar-refractivity contribution >= 4 is 11.6 Å². The maximum Gasteiger partial charge on any atom is 0.241 e. The number of rotatable bonds is 7. The van der Waals surface area contributed by atoms with E-state index in [1.54, 1.807) is 13.8 Å². The fourth-order valence-corrected chi connectivity index (χ4v) is 1.98. The zero-order valence-corrected chi connectivity index (χ0v) is 12.9. The van der Waals surface area contributed by atoms with E-state index in [1.807, 2.05) is 38.1 Å². The highest BCUT2D eigenvalue weighted by Gasteiger charge is 2.21. The molecule has 0 saturated carbocycles. The Labute approximate surface area is 121 Å². The summed E-state index contributed by atoms with van der Waals surface area (Å²) in [5, 5.41) is 16.0. The summed E-state index contributed by atoms with van der Waals surface area (Å²) in [6.45, 7) is 8.02. The largest absolute Gasteiger partial charge is 0.389 e. The number of aliphatic hydroxyl groups is 1. The van der Waals surface area contributed by atoms with E-state index < -0.39 is 5.60 Å². The summed E-state index contributed by atoms with van der Waals surface area (Å²) in [5.74, 6) is -0.0962. The highest BCUT2D eigenvalue weighted by atomic mass is 16.3. The second-order valence-electron chi connectivity index (χ2n) is 5.70. The number of anilines is 1. The first-order chi connectivity index (χ1) is 9.34. The molecule has 20 heavy (non-hydrogen) atoms. The predicted molar refractivity (Wildman–Crippen MR) is 82.8 cm³/mol. The van der Waals surface area contributed by atoms with Gasteiger partial charge in [0.05, 0.1) is 11.6 Å². The first-order valence-corrected chi connectivity index (χ1v) is 7.17. The van der Waals surface area contributed by atoms with Gasteiger partial charge in [-0.2, -0.15) is 0 Å². The van der Waals surface area contributed by atoms with Gasteiger partial charge >= 0.3 is 0 Å². The lowest BCUT2D eigenvalue weighted by Gasteiger charge is -2.25. The fraction of sp³-hybridized carbons (Fsp3) is 0.562. The summed E-state index contributed by atoms with van der Waals surface area (Å²) >= 11 is 0. The van der Waals surface area contributed by atoms with Crippen LogP contribution in [0.5, 0.6) is 0 Å². The molecule has 0 saturated heterocycles. The Balaban J connectivity index is 2.45. The molecular formula is C16H26N2O2. The lowest BCUT2D eigenvalue weighted by atomic mass is 10.0. The van der Waals surface area contributed by atoms with Crippen LogP contribution in [0.1, 0.15) is 39.2 Å². The van der Waals surface area contributed by atoms with Gasteiger partial charge in [-0.15, -0.1) is 0 Å². The third-order valence-corrected chi connectivity index (χ3v) is 3.29. The smallest absolute Gasteiger partial charge is 0.241 e. The Morgan fingerprint density at radius 2 is 1.95 bits per heavy atom. The monoisotopic (exact) mass is 278 g/mol. The molecule has 0 aromatic heterocycles. The highest BCUT2D eigenvalue weighted by Crippen LogP contribution is 2.11. The van der Waals surface area contributed by atoms with Gasteiger partial charge in [-0.3, -0.25) is 4.79 Å². The van der Waals surface area contributed by atoms with Gasteiger partial charge in [-0.25, -0.2) is 0 Å². The molecule has 4 nitrogen and oxygen atoms in total. The molecule has 1 amide bonds. The number of hydrogen-bond donors (Lipinski definition) is 3. The molecule has 0 aliphatic rings. The van der Waals surface area contributed by atoms with Gasteiger partial charge < -0.3 is 15.7 Å². The van der Waals surface area contributed by atoms with Crippen LogP contribution < -0.4 is 10.6 Å². The zero-order chi connectivity index (χ0) is 15.2. The summed E-state index contributed by atoms with van der Waals surface area (Å²) in [6, 6.07) is 7.33. The van der Waals surface area contributed by atoms with Crippen LogP contribution in [0.15, 0.2) is 24.3 Å². The maximum absolute atomic E-state index is 12.0. The molecule has 1 aromatic rings. The van der Waals surface area contributed by atoms with Gasteiger partial charge in [0.1, 0.15) is 0 Å². The Morgan fingerprint density at radius 3 is 2.50 bits per heavy atom. The van der Waals surface area contributed by atoms with Crippen molar-refractivity contribution in [2.45, 2.75) is 52.2 Å². The van der Waals surface area contributed by atoms with Crippen LogP contribution in [0.4, 0.5) is 5.69 Å². The van der Waals surface area contributed by atoms with Crippen molar-refractivity contribution in [2.24, 2.45) is 0 Å². The molecule has 2 atom stereocenters. The van der Waals surface area contributed by atoms with E-state index in [1.165, 1.54) is 0 Å². The number of benzene rings is 1. The summed E-state index contributed by atoms with van der Waals surface area (Å²) in [4.78, 5) is 12.0. The second kappa shape index (κ2) is 7.41. The van der Waals surface area contributed by atoms with Crippen LogP contribution in [-0.2, 0) is 4.79 Å². The number of amides is 1. The molecule has 2 unspecified atom stereocenters. The zero-order valence-electron chi connectivity index (χ0n) is 12.9. The lowest BCUT2D eigenvalue weighted by Crippen LogP contribution is -2.46. The molecule has 1 rings (SSSR count). The number of carbonyl (C=O) groups excluding carboxylic acids is 1. The Hall–Kier alpha value is -1.39. The van der Waals surface area contributed by atoms with Crippen LogP contribution in [-0.4, -0.2) is 29.2 Å². The van der Waals surface area contributed by atoms with Gasteiger partial charge in [0.15, 0.2) is 0 Å². The molecule has 112 valence electrons. The first kappa shape index (κ1) is 16.7. The maximum atomic E-state index is 12.0. The topological polar surface area (TPSA) is 61.4 Å². The van der Waals surface area contributed by atoms with Crippen molar-refractivity contribution < 1.29 is 9.90 Å². The molecule has 0 aliphatic carbocycles. The van der Waals surface area contributed by atoms with Crippen LogP contribution >= 0.6 is 0 Å². The Kier molecular flexibility index (Phi) is 6.17. The minimum Gasteiger partial charge on any atom is -0.389 e. The van der Waals surface area contributed by atoms with E-state index in [2.05, 4.69) is 10.6 Å². The van der Waals surface area contributed by atoms with E-state index in [9.17, 15) is 9.90 Å². The average molecular weight is 278 g/mol. The minimum atomic E-state index is -0.771. The summed E-state index contributed by atoms with van der Waals surface area (Å²) < 4.78 is 0. The average Bonchev–Trinajstić information content (AvgIpc) is 2.38. The van der Waals surface area contributed by atoms with E-state index in [0.717, 1.165) is 17.7 Å². The van der Waals surface area contributed by atoms with Crippen molar-refractivity contribution in [1.82, 2.24) is 5.32 Å². The predicted octanol–water partition coefficient (Wildman–Crippen LogP) is 2.46. The summed E-state index contributed by atoms with van der Waals surface area (Å²) in [7, 11) is 0. The molecule has 3 N–H and O–H groups in total. The molecule has 0 fully saturated rings. The third kappa shape index (κ3) is 5.72. The SMILES string of the molecule is CCCC(C)(O)CNC(C)C(=O)Nc1ccc(C)cc1. The summed E-state index contributed by atoms with van der Waals surface area (Å²) in [5.41, 5.74) is 1.17. The van der Waals surface area contributed by atoms with Gasteiger partial charge in [0.2, 0.25) is 5.91 Å². The van der Waals surface area contributed by atoms with Crippen molar-refractivity contribution in [2.75, 3.05) is 11.9 Å². The van der Waals surface area contributed by atoms with E-state index in [4.69, 9.17) is 0 Å². The van der Waals surface area contributed by atoms with Crippen LogP contribution in [0.25, 0.3) is 0 Å². The first-order valence-electron chi connectivity index (χ1n) is 7.17. The normalized spacial score (nSPS) is 15.4. The Bertz CT molecular complexity index is 427. The molecule has 0 radical (unpaired) electrons. The number of carbonyl (C=O) groups is 1. The lowest BCUT2D eigenvalue weighted by molar-refractivity contribution is -0.118. The van der Waals surface area contributed by atoms with E-state index in [-0.39, 0.29) is 11.9 Å². The van der Waals surface area contributed by atoms with E-state index in [0.29, 0.717) is 13.0 Å². The molecule has 0 spiro atoms. The van der Waals surface area contributed by atoms with Gasteiger partial charge in [-0.1, -0.05) is 31.0 Å². The van der Waals surface area contributed by atoms with Crippen molar-refractivity contribution in [3.8, 4) is 0 Å². The summed E-state index contributed by atoms with van der Waals surface area (Å²) in [6.07, 6.45) is 1.63. The van der Waals surface area contributed by atoms with E-state index >= 15 is 0 Å². The van der Waals surface area contributed by atoms with Crippen LogP contribution in [0, 0.1) is 6.92 Å². The standard InChI is InChI=1S/C16H26N2O2/c1-5-10-16(4,20)11-17-13(3)15(19)18-14-8-6-12(2)7-9-14/h6-9,13,17,20H,5,10-11H2,1-4H3,(H,18,19). The van der Waals surface area contributed by atoms with Gasteiger partial charge in [0.25, 0.3) is 0 Å². The molecule has 1 aromatic carbocycles. The highest BCUT2D eigenvalue weighted by molar-refractivity contribution is 5.94. The van der Waals surface area contributed by atoms with Gasteiger partial charge in [-0.05, 0) is 39.3 Å². The third-order valence-electron chi connectivity index (χ3n) is 3.29. The number of hydrogen-bond acceptors (Lipinski definition) is 3. The van der Waals surface area contributed by atoms with Gasteiger partial charge in [0, 0.05) is 12.2 Å². The van der Waals surface area contributed by atoms with Crippen molar-refractivity contribution in [3.63, 3.8) is 0 Å². The van der Waals surface area contributed by atoms with Crippen molar-refractivity contribution in [1.29, 1.82) is 0 Å². The quantitative estimate of drug-likeness (QED) is 0.718. The van der Waals surface area contributed by atoms with Crippen LogP contribution in [0.3, 0.4) is 0 Å². The van der Waals surface area contributed by atoms with Crippen LogP contribution in [0.2, 0.25) is 0 Å². The Morgan fingerprint density at radius 1 is 1.35 bits per heavy atom. The number of nitrogens with one attached hydrogen (secondary N) is 2. The van der Waals surface area contributed by atoms with Crippen molar-refractivity contribution in [3.05, 3.63) is 29.8 Å². The molecule has 0 heterocycles. The molecule has 0 aliphatic heterocycles. The second-order valence-corrected chi connectivity index (χ2v) is 5.70.